The van der Waals surface area contributed by atoms with Crippen molar-refractivity contribution in [2.75, 3.05) is 6.54 Å². The summed E-state index contributed by atoms with van der Waals surface area (Å²) in [5.74, 6) is -0.907. The fourth-order valence-corrected chi connectivity index (χ4v) is 2.09. The fourth-order valence-electron chi connectivity index (χ4n) is 1.73. The van der Waals surface area contributed by atoms with E-state index in [0.717, 1.165) is 12.0 Å². The summed E-state index contributed by atoms with van der Waals surface area (Å²) >= 11 is 3.22. The first kappa shape index (κ1) is 13.7. The molecule has 0 heterocycles. The molecule has 0 aliphatic heterocycles. The molecule has 0 spiro atoms. The first-order valence-corrected chi connectivity index (χ1v) is 6.73. The molecule has 19 heavy (non-hydrogen) atoms. The van der Waals surface area contributed by atoms with Gasteiger partial charge in [-0.1, -0.05) is 46.3 Å². The molecule has 0 saturated carbocycles. The molecule has 2 rings (SSSR count). The maximum Gasteiger partial charge on any atom is 0.254 e. The molecular weight excluding hydrogens is 309 g/mol. The Balaban J connectivity index is 1.93. The van der Waals surface area contributed by atoms with E-state index in [-0.39, 0.29) is 5.56 Å². The highest BCUT2D eigenvalue weighted by Crippen LogP contribution is 2.15. The first-order valence-electron chi connectivity index (χ1n) is 5.94. The van der Waals surface area contributed by atoms with E-state index < -0.39 is 11.7 Å². The molecule has 0 bridgehead atoms. The Morgan fingerprint density at radius 3 is 2.63 bits per heavy atom. The van der Waals surface area contributed by atoms with Gasteiger partial charge in [0.1, 0.15) is 5.82 Å². The van der Waals surface area contributed by atoms with Crippen molar-refractivity contribution in [3.05, 3.63) is 69.9 Å². The minimum absolute atomic E-state index is 0.0578. The summed E-state index contributed by atoms with van der Waals surface area (Å²) in [6.45, 7) is 0.481. The zero-order valence-electron chi connectivity index (χ0n) is 10.2. The van der Waals surface area contributed by atoms with Gasteiger partial charge in [-0.2, -0.15) is 0 Å². The molecule has 4 heteroatoms. The second-order valence-electron chi connectivity index (χ2n) is 4.12. The highest BCUT2D eigenvalue weighted by Gasteiger charge is 2.11. The Hall–Kier alpha value is -1.68. The van der Waals surface area contributed by atoms with E-state index in [9.17, 15) is 9.18 Å². The topological polar surface area (TPSA) is 29.1 Å². The monoisotopic (exact) mass is 321 g/mol. The van der Waals surface area contributed by atoms with Crippen molar-refractivity contribution < 1.29 is 9.18 Å². The van der Waals surface area contributed by atoms with E-state index in [2.05, 4.69) is 21.2 Å². The number of carbonyl (C=O) groups excluding carboxylic acids is 1. The van der Waals surface area contributed by atoms with Crippen molar-refractivity contribution in [3.63, 3.8) is 0 Å². The fraction of sp³-hybridized carbons (Fsp3) is 0.133. The summed E-state index contributed by atoms with van der Waals surface area (Å²) < 4.78 is 14.2. The third-order valence-electron chi connectivity index (χ3n) is 2.72. The molecule has 2 aromatic rings. The van der Waals surface area contributed by atoms with Crippen LogP contribution in [-0.4, -0.2) is 12.5 Å². The lowest BCUT2D eigenvalue weighted by atomic mass is 10.1. The quantitative estimate of drug-likeness (QED) is 0.916. The number of halogens is 2. The Morgan fingerprint density at radius 2 is 1.89 bits per heavy atom. The summed E-state index contributed by atoms with van der Waals surface area (Å²) in [5.41, 5.74) is 1.19. The van der Waals surface area contributed by atoms with Gasteiger partial charge in [0.05, 0.1) is 5.56 Å². The second-order valence-corrected chi connectivity index (χ2v) is 5.03. The van der Waals surface area contributed by atoms with Crippen LogP contribution in [0.2, 0.25) is 0 Å². The summed E-state index contributed by atoms with van der Waals surface area (Å²) in [5, 5.41) is 2.72. The molecule has 0 saturated heterocycles. The van der Waals surface area contributed by atoms with E-state index in [0.29, 0.717) is 11.0 Å². The molecule has 0 unspecified atom stereocenters. The molecule has 0 radical (unpaired) electrons. The molecule has 1 amide bonds. The van der Waals surface area contributed by atoms with E-state index in [1.807, 2.05) is 30.3 Å². The SMILES string of the molecule is O=C(NCCc1ccccc1)c1cc(Br)ccc1F. The largest absolute Gasteiger partial charge is 0.352 e. The van der Waals surface area contributed by atoms with Gasteiger partial charge < -0.3 is 5.32 Å². The van der Waals surface area contributed by atoms with Crippen molar-refractivity contribution in [1.29, 1.82) is 0 Å². The lowest BCUT2D eigenvalue weighted by Crippen LogP contribution is -2.26. The van der Waals surface area contributed by atoms with Crippen LogP contribution in [0.25, 0.3) is 0 Å². The van der Waals surface area contributed by atoms with Crippen molar-refractivity contribution in [2.45, 2.75) is 6.42 Å². The number of hydrogen-bond acceptors (Lipinski definition) is 1. The Bertz CT molecular complexity index is 572. The van der Waals surface area contributed by atoms with Crippen molar-refractivity contribution >= 4 is 21.8 Å². The van der Waals surface area contributed by atoms with Crippen molar-refractivity contribution in [3.8, 4) is 0 Å². The van der Waals surface area contributed by atoms with Gasteiger partial charge in [0.15, 0.2) is 0 Å². The van der Waals surface area contributed by atoms with E-state index in [1.54, 1.807) is 6.07 Å². The van der Waals surface area contributed by atoms with Gasteiger partial charge in [-0.25, -0.2) is 4.39 Å². The minimum Gasteiger partial charge on any atom is -0.352 e. The Labute approximate surface area is 119 Å². The number of amides is 1. The maximum atomic E-state index is 13.5. The lowest BCUT2D eigenvalue weighted by molar-refractivity contribution is 0.0950. The Kier molecular flexibility index (Phi) is 4.68. The molecule has 0 aliphatic carbocycles. The lowest BCUT2D eigenvalue weighted by Gasteiger charge is -2.06. The molecule has 2 nitrogen and oxygen atoms in total. The number of carbonyl (C=O) groups is 1. The standard InChI is InChI=1S/C15H13BrFNO/c16-12-6-7-14(17)13(10-12)15(19)18-9-8-11-4-2-1-3-5-11/h1-7,10H,8-9H2,(H,18,19). The first-order chi connectivity index (χ1) is 9.16. The maximum absolute atomic E-state index is 13.5. The van der Waals surface area contributed by atoms with Crippen LogP contribution in [0.3, 0.4) is 0 Å². The highest BCUT2D eigenvalue weighted by molar-refractivity contribution is 9.10. The number of rotatable bonds is 4. The minimum atomic E-state index is -0.514. The average molecular weight is 322 g/mol. The van der Waals surface area contributed by atoms with Gasteiger partial charge in [0.25, 0.3) is 5.91 Å². The molecule has 98 valence electrons. The van der Waals surface area contributed by atoms with Gasteiger partial charge in [0.2, 0.25) is 0 Å². The smallest absolute Gasteiger partial charge is 0.254 e. The molecular formula is C15H13BrFNO. The highest BCUT2D eigenvalue weighted by atomic mass is 79.9. The van der Waals surface area contributed by atoms with Crippen LogP contribution in [-0.2, 0) is 6.42 Å². The van der Waals surface area contributed by atoms with Crippen LogP contribution in [0, 0.1) is 5.82 Å². The molecule has 0 aliphatic rings. The molecule has 1 N–H and O–H groups in total. The molecule has 0 fully saturated rings. The number of nitrogens with one attached hydrogen (secondary N) is 1. The van der Waals surface area contributed by atoms with Crippen LogP contribution >= 0.6 is 15.9 Å². The average Bonchev–Trinajstić information content (AvgIpc) is 2.42. The summed E-state index contributed by atoms with van der Waals surface area (Å²) in [7, 11) is 0. The Morgan fingerprint density at radius 1 is 1.16 bits per heavy atom. The third-order valence-corrected chi connectivity index (χ3v) is 3.21. The van der Waals surface area contributed by atoms with Crippen LogP contribution in [0.5, 0.6) is 0 Å². The molecule has 0 aromatic heterocycles. The van der Waals surface area contributed by atoms with Gasteiger partial charge >= 0.3 is 0 Å². The normalized spacial score (nSPS) is 10.2. The van der Waals surface area contributed by atoms with E-state index >= 15 is 0 Å². The predicted octanol–water partition coefficient (Wildman–Crippen LogP) is 3.56. The van der Waals surface area contributed by atoms with Gasteiger partial charge in [-0.3, -0.25) is 4.79 Å². The van der Waals surface area contributed by atoms with Gasteiger partial charge in [0, 0.05) is 11.0 Å². The van der Waals surface area contributed by atoms with E-state index in [4.69, 9.17) is 0 Å². The zero-order chi connectivity index (χ0) is 13.7. The summed E-state index contributed by atoms with van der Waals surface area (Å²) in [4.78, 5) is 11.8. The van der Waals surface area contributed by atoms with Gasteiger partial charge in [-0.15, -0.1) is 0 Å². The number of hydrogen-bond donors (Lipinski definition) is 1. The van der Waals surface area contributed by atoms with Crippen LogP contribution in [0.15, 0.2) is 53.0 Å². The van der Waals surface area contributed by atoms with Crippen LogP contribution in [0.1, 0.15) is 15.9 Å². The molecule has 0 atom stereocenters. The predicted molar refractivity (Wildman–Crippen MR) is 76.6 cm³/mol. The molecule has 2 aromatic carbocycles. The second kappa shape index (κ2) is 6.48. The van der Waals surface area contributed by atoms with E-state index in [1.165, 1.54) is 12.1 Å². The number of benzene rings is 2. The van der Waals surface area contributed by atoms with Crippen molar-refractivity contribution in [2.24, 2.45) is 0 Å². The van der Waals surface area contributed by atoms with Crippen LogP contribution in [0.4, 0.5) is 4.39 Å². The third kappa shape index (κ3) is 3.89. The van der Waals surface area contributed by atoms with Crippen molar-refractivity contribution in [1.82, 2.24) is 5.32 Å². The summed E-state index contributed by atoms with van der Waals surface area (Å²) in [6.07, 6.45) is 0.724. The zero-order valence-corrected chi connectivity index (χ0v) is 11.8. The summed E-state index contributed by atoms with van der Waals surface area (Å²) in [6, 6.07) is 14.1. The van der Waals surface area contributed by atoms with Gasteiger partial charge in [-0.05, 0) is 30.2 Å². The van der Waals surface area contributed by atoms with Crippen LogP contribution < -0.4 is 5.32 Å².